The van der Waals surface area contributed by atoms with Crippen molar-refractivity contribution < 1.29 is 9.53 Å². The molecule has 0 aliphatic rings. The van der Waals surface area contributed by atoms with Crippen LogP contribution in [0.15, 0.2) is 58.1 Å². The Bertz CT molecular complexity index is 699. The van der Waals surface area contributed by atoms with Crippen LogP contribution in [-0.4, -0.2) is 18.2 Å². The van der Waals surface area contributed by atoms with Crippen molar-refractivity contribution in [1.82, 2.24) is 5.43 Å². The number of nitrogens with one attached hydrogen (secondary N) is 1. The van der Waals surface area contributed by atoms with Crippen LogP contribution in [0.4, 0.5) is 0 Å². The minimum Gasteiger partial charge on any atom is -0.483 e. The fraction of sp³-hybridized carbons (Fsp3) is 0.222. The number of nitrogens with zero attached hydrogens (tertiary/aromatic N) is 1. The van der Waals surface area contributed by atoms with E-state index in [0.717, 1.165) is 22.2 Å². The van der Waals surface area contributed by atoms with Crippen molar-refractivity contribution in [3.05, 3.63) is 64.1 Å². The van der Waals surface area contributed by atoms with Crippen molar-refractivity contribution in [1.29, 1.82) is 0 Å². The standard InChI is InChI=1S/C18H19BrN2O2/c1-3-14-9-10-17(16(19)11-14)23-12-18(22)21-20-13(2)15-7-5-4-6-8-15/h4-11H,3,12H2,1-2H3,(H,21,22)/b20-13+. The third-order valence-corrected chi connectivity index (χ3v) is 3.92. The van der Waals surface area contributed by atoms with E-state index in [1.165, 1.54) is 5.56 Å². The van der Waals surface area contributed by atoms with Gasteiger partial charge >= 0.3 is 0 Å². The molecule has 0 heterocycles. The minimum absolute atomic E-state index is 0.0877. The third kappa shape index (κ3) is 5.21. The van der Waals surface area contributed by atoms with Crippen molar-refractivity contribution in [2.45, 2.75) is 20.3 Å². The molecule has 23 heavy (non-hydrogen) atoms. The predicted octanol–water partition coefficient (Wildman–Crippen LogP) is 3.93. The summed E-state index contributed by atoms with van der Waals surface area (Å²) >= 11 is 3.45. The highest BCUT2D eigenvalue weighted by molar-refractivity contribution is 9.10. The van der Waals surface area contributed by atoms with E-state index < -0.39 is 0 Å². The van der Waals surface area contributed by atoms with Crippen molar-refractivity contribution in [2.24, 2.45) is 5.10 Å². The number of ether oxygens (including phenoxy) is 1. The van der Waals surface area contributed by atoms with E-state index in [0.29, 0.717) is 5.75 Å². The lowest BCUT2D eigenvalue weighted by molar-refractivity contribution is -0.123. The second-order valence-corrected chi connectivity index (χ2v) is 5.86. The number of carbonyl (C=O) groups excluding carboxylic acids is 1. The lowest BCUT2D eigenvalue weighted by Gasteiger charge is -2.08. The van der Waals surface area contributed by atoms with Gasteiger partial charge in [0.05, 0.1) is 10.2 Å². The van der Waals surface area contributed by atoms with Crippen LogP contribution in [0.2, 0.25) is 0 Å². The van der Waals surface area contributed by atoms with Crippen LogP contribution in [0.25, 0.3) is 0 Å². The summed E-state index contributed by atoms with van der Waals surface area (Å²) in [5.74, 6) is 0.341. The van der Waals surface area contributed by atoms with Crippen LogP contribution in [0.1, 0.15) is 25.0 Å². The van der Waals surface area contributed by atoms with Crippen LogP contribution >= 0.6 is 15.9 Å². The summed E-state index contributed by atoms with van der Waals surface area (Å²) in [5.41, 5.74) is 5.41. The summed E-state index contributed by atoms with van der Waals surface area (Å²) in [7, 11) is 0. The topological polar surface area (TPSA) is 50.7 Å². The Kier molecular flexibility index (Phi) is 6.35. The van der Waals surface area contributed by atoms with Gasteiger partial charge < -0.3 is 4.74 Å². The van der Waals surface area contributed by atoms with Gasteiger partial charge in [-0.25, -0.2) is 5.43 Å². The number of aryl methyl sites for hydroxylation is 1. The van der Waals surface area contributed by atoms with E-state index in [2.05, 4.69) is 33.4 Å². The normalized spacial score (nSPS) is 11.2. The van der Waals surface area contributed by atoms with Crippen molar-refractivity contribution in [3.63, 3.8) is 0 Å². The molecule has 2 aromatic carbocycles. The molecule has 0 aromatic heterocycles. The SMILES string of the molecule is CCc1ccc(OCC(=O)N/N=C(\C)c2ccccc2)c(Br)c1. The lowest BCUT2D eigenvalue weighted by atomic mass is 10.1. The first-order valence-electron chi connectivity index (χ1n) is 7.40. The molecule has 120 valence electrons. The zero-order valence-electron chi connectivity index (χ0n) is 13.2. The Balaban J connectivity index is 1.88. The van der Waals surface area contributed by atoms with Gasteiger partial charge in [-0.3, -0.25) is 4.79 Å². The summed E-state index contributed by atoms with van der Waals surface area (Å²) in [6, 6.07) is 15.5. The highest BCUT2D eigenvalue weighted by Crippen LogP contribution is 2.26. The zero-order valence-corrected chi connectivity index (χ0v) is 14.8. The largest absolute Gasteiger partial charge is 0.483 e. The number of benzene rings is 2. The summed E-state index contributed by atoms with van der Waals surface area (Å²) in [5, 5.41) is 4.08. The number of hydrogen-bond acceptors (Lipinski definition) is 3. The molecular formula is C18H19BrN2O2. The van der Waals surface area contributed by atoms with Gasteiger partial charge in [0.2, 0.25) is 0 Å². The molecule has 0 bridgehead atoms. The molecule has 0 aliphatic carbocycles. The van der Waals surface area contributed by atoms with Gasteiger partial charge in [0.25, 0.3) is 5.91 Å². The lowest BCUT2D eigenvalue weighted by Crippen LogP contribution is -2.25. The molecule has 0 aliphatic heterocycles. The average molecular weight is 375 g/mol. The van der Waals surface area contributed by atoms with Crippen LogP contribution in [-0.2, 0) is 11.2 Å². The first-order chi connectivity index (χ1) is 11.1. The molecular weight excluding hydrogens is 356 g/mol. The molecule has 0 atom stereocenters. The molecule has 0 radical (unpaired) electrons. The molecule has 4 nitrogen and oxygen atoms in total. The van der Waals surface area contributed by atoms with Crippen LogP contribution in [0.5, 0.6) is 5.75 Å². The van der Waals surface area contributed by atoms with E-state index in [-0.39, 0.29) is 12.5 Å². The smallest absolute Gasteiger partial charge is 0.277 e. The van der Waals surface area contributed by atoms with E-state index in [4.69, 9.17) is 4.74 Å². The van der Waals surface area contributed by atoms with Gasteiger partial charge in [-0.1, -0.05) is 43.3 Å². The Hall–Kier alpha value is -2.14. The zero-order chi connectivity index (χ0) is 16.7. The van der Waals surface area contributed by atoms with Crippen LogP contribution in [0.3, 0.4) is 0 Å². The van der Waals surface area contributed by atoms with E-state index in [1.807, 2.05) is 55.5 Å². The average Bonchev–Trinajstić information content (AvgIpc) is 2.59. The second-order valence-electron chi connectivity index (χ2n) is 5.01. The van der Waals surface area contributed by atoms with Gasteiger partial charge in [-0.2, -0.15) is 5.10 Å². The molecule has 1 N–H and O–H groups in total. The molecule has 2 rings (SSSR count). The summed E-state index contributed by atoms with van der Waals surface area (Å²) in [4.78, 5) is 11.8. The molecule has 5 heteroatoms. The number of rotatable bonds is 6. The fourth-order valence-corrected chi connectivity index (χ4v) is 2.49. The molecule has 0 saturated carbocycles. The summed E-state index contributed by atoms with van der Waals surface area (Å²) in [6.45, 7) is 3.84. The molecule has 0 unspecified atom stereocenters. The molecule has 0 spiro atoms. The molecule has 2 aromatic rings. The number of hydrogen-bond donors (Lipinski definition) is 1. The van der Waals surface area contributed by atoms with Gasteiger partial charge in [0, 0.05) is 0 Å². The minimum atomic E-state index is -0.299. The first-order valence-corrected chi connectivity index (χ1v) is 8.19. The predicted molar refractivity (Wildman–Crippen MR) is 95.8 cm³/mol. The number of hydrazone groups is 1. The number of halogens is 1. The fourth-order valence-electron chi connectivity index (χ4n) is 1.95. The second kappa shape index (κ2) is 8.48. The van der Waals surface area contributed by atoms with Crippen molar-refractivity contribution >= 4 is 27.5 Å². The van der Waals surface area contributed by atoms with Gasteiger partial charge in [0.1, 0.15) is 5.75 Å². The molecule has 1 amide bonds. The number of amides is 1. The highest BCUT2D eigenvalue weighted by atomic mass is 79.9. The van der Waals surface area contributed by atoms with E-state index in [9.17, 15) is 4.79 Å². The van der Waals surface area contributed by atoms with Crippen LogP contribution in [0, 0.1) is 0 Å². The summed E-state index contributed by atoms with van der Waals surface area (Å²) in [6.07, 6.45) is 0.951. The Morgan fingerprint density at radius 1 is 1.22 bits per heavy atom. The third-order valence-electron chi connectivity index (χ3n) is 3.30. The maximum absolute atomic E-state index is 11.8. The Morgan fingerprint density at radius 3 is 2.61 bits per heavy atom. The van der Waals surface area contributed by atoms with Gasteiger partial charge in [-0.15, -0.1) is 0 Å². The van der Waals surface area contributed by atoms with E-state index in [1.54, 1.807) is 0 Å². The van der Waals surface area contributed by atoms with Crippen LogP contribution < -0.4 is 10.2 Å². The highest BCUT2D eigenvalue weighted by Gasteiger charge is 2.06. The maximum Gasteiger partial charge on any atom is 0.277 e. The summed E-state index contributed by atoms with van der Waals surface area (Å²) < 4.78 is 6.35. The monoisotopic (exact) mass is 374 g/mol. The van der Waals surface area contributed by atoms with Crippen molar-refractivity contribution in [2.75, 3.05) is 6.61 Å². The quantitative estimate of drug-likeness (QED) is 0.614. The molecule has 0 fully saturated rings. The van der Waals surface area contributed by atoms with Gasteiger partial charge in [0.15, 0.2) is 6.61 Å². The van der Waals surface area contributed by atoms with Gasteiger partial charge in [-0.05, 0) is 52.5 Å². The van der Waals surface area contributed by atoms with Crippen molar-refractivity contribution in [3.8, 4) is 5.75 Å². The van der Waals surface area contributed by atoms with E-state index >= 15 is 0 Å². The Labute approximate surface area is 144 Å². The number of carbonyl (C=O) groups is 1. The first kappa shape index (κ1) is 17.2. The Morgan fingerprint density at radius 2 is 1.96 bits per heavy atom. The molecule has 0 saturated heterocycles. The maximum atomic E-state index is 11.8.